The summed E-state index contributed by atoms with van der Waals surface area (Å²) in [6.45, 7) is 0.323. The Morgan fingerprint density at radius 1 is 1.00 bits per heavy atom. The Morgan fingerprint density at radius 2 is 1.82 bits per heavy atom. The minimum Gasteiger partial charge on any atom is -0.489 e. The Labute approximate surface area is 180 Å². The average molecular weight is 476 g/mol. The van der Waals surface area contributed by atoms with Crippen molar-refractivity contribution in [3.05, 3.63) is 97.6 Å². The van der Waals surface area contributed by atoms with E-state index in [2.05, 4.69) is 15.9 Å². The van der Waals surface area contributed by atoms with Crippen LogP contribution < -0.4 is 9.47 Å². The highest BCUT2D eigenvalue weighted by molar-refractivity contribution is 9.10. The molecule has 28 heavy (non-hydrogen) atoms. The summed E-state index contributed by atoms with van der Waals surface area (Å²) in [5.41, 5.74) is 2.27. The number of Topliss-reactive ketones (excluding diaryl/α,β-unsaturated/α-hetero) is 1. The number of allylic oxidation sites excluding steroid dienone is 1. The van der Waals surface area contributed by atoms with Gasteiger partial charge in [0.1, 0.15) is 18.1 Å². The lowest BCUT2D eigenvalue weighted by atomic mass is 10.1. The zero-order valence-electron chi connectivity index (χ0n) is 14.4. The predicted octanol–water partition coefficient (Wildman–Crippen LogP) is 6.95. The summed E-state index contributed by atoms with van der Waals surface area (Å²) in [6.07, 6.45) is 1.72. The van der Waals surface area contributed by atoms with E-state index >= 15 is 0 Å². The number of carbonyl (C=O) groups excluding carboxylic acids is 1. The van der Waals surface area contributed by atoms with Crippen LogP contribution in [0.2, 0.25) is 10.0 Å². The van der Waals surface area contributed by atoms with Crippen molar-refractivity contribution in [1.82, 2.24) is 0 Å². The second-order valence-corrected chi connectivity index (χ2v) is 7.83. The number of ether oxygens (including phenoxy) is 2. The molecule has 0 saturated carbocycles. The summed E-state index contributed by atoms with van der Waals surface area (Å²) in [4.78, 5) is 12.6. The minimum atomic E-state index is -0.151. The number of fused-ring (bicyclic) bond motifs is 1. The topological polar surface area (TPSA) is 35.5 Å². The molecule has 0 fully saturated rings. The third-order valence-corrected chi connectivity index (χ3v) is 5.68. The highest BCUT2D eigenvalue weighted by Crippen LogP contribution is 2.35. The number of hydrogen-bond acceptors (Lipinski definition) is 3. The maximum atomic E-state index is 12.6. The molecule has 0 amide bonds. The number of halogens is 3. The second kappa shape index (κ2) is 8.00. The summed E-state index contributed by atoms with van der Waals surface area (Å²) in [6, 6.07) is 18.1. The van der Waals surface area contributed by atoms with Crippen molar-refractivity contribution < 1.29 is 14.3 Å². The van der Waals surface area contributed by atoms with Crippen LogP contribution in [-0.4, -0.2) is 5.78 Å². The molecule has 4 rings (SSSR count). The molecule has 0 bridgehead atoms. The Bertz CT molecular complexity index is 1110. The van der Waals surface area contributed by atoms with Gasteiger partial charge in [0.05, 0.1) is 15.6 Å². The van der Waals surface area contributed by atoms with Gasteiger partial charge in [-0.05, 0) is 47.5 Å². The molecule has 6 heteroatoms. The Kier molecular flexibility index (Phi) is 5.44. The number of ketones is 1. The smallest absolute Gasteiger partial charge is 0.231 e. The molecule has 0 N–H and O–H groups in total. The van der Waals surface area contributed by atoms with Crippen molar-refractivity contribution in [2.75, 3.05) is 0 Å². The molecule has 1 aliphatic heterocycles. The first-order valence-corrected chi connectivity index (χ1v) is 9.96. The first kappa shape index (κ1) is 19.1. The standard InChI is InChI=1S/C22H13BrCl2O3/c23-17-4-2-1-3-14(17)10-21-22(26)16-7-6-15(11-20(16)28-21)27-12-13-5-8-18(24)19(25)9-13/h1-11H,12H2. The van der Waals surface area contributed by atoms with Gasteiger partial charge in [-0.15, -0.1) is 0 Å². The van der Waals surface area contributed by atoms with Crippen LogP contribution in [0.3, 0.4) is 0 Å². The molecule has 0 atom stereocenters. The Morgan fingerprint density at radius 3 is 2.61 bits per heavy atom. The molecule has 0 aliphatic carbocycles. The van der Waals surface area contributed by atoms with Gasteiger partial charge >= 0.3 is 0 Å². The van der Waals surface area contributed by atoms with Crippen molar-refractivity contribution in [2.24, 2.45) is 0 Å². The van der Waals surface area contributed by atoms with E-state index in [1.54, 1.807) is 36.4 Å². The van der Waals surface area contributed by atoms with Crippen LogP contribution in [0, 0.1) is 0 Å². The van der Waals surface area contributed by atoms with Gasteiger partial charge < -0.3 is 9.47 Å². The molecule has 3 aromatic rings. The molecule has 0 aromatic heterocycles. The Balaban J connectivity index is 1.52. The van der Waals surface area contributed by atoms with Crippen molar-refractivity contribution in [1.29, 1.82) is 0 Å². The first-order valence-electron chi connectivity index (χ1n) is 8.41. The maximum Gasteiger partial charge on any atom is 0.231 e. The molecule has 3 nitrogen and oxygen atoms in total. The number of hydrogen-bond donors (Lipinski definition) is 0. The normalized spacial score (nSPS) is 14.1. The van der Waals surface area contributed by atoms with E-state index < -0.39 is 0 Å². The van der Waals surface area contributed by atoms with Gasteiger partial charge in [0.25, 0.3) is 0 Å². The van der Waals surface area contributed by atoms with Gasteiger partial charge in [-0.2, -0.15) is 0 Å². The largest absolute Gasteiger partial charge is 0.489 e. The lowest BCUT2D eigenvalue weighted by Gasteiger charge is -2.08. The van der Waals surface area contributed by atoms with Crippen molar-refractivity contribution in [3.63, 3.8) is 0 Å². The van der Waals surface area contributed by atoms with Crippen LogP contribution >= 0.6 is 39.1 Å². The summed E-state index contributed by atoms with van der Waals surface area (Å²) in [5, 5.41) is 0.978. The number of rotatable bonds is 4. The lowest BCUT2D eigenvalue weighted by molar-refractivity contribution is 0.101. The van der Waals surface area contributed by atoms with Crippen molar-refractivity contribution in [3.8, 4) is 11.5 Å². The first-order chi connectivity index (χ1) is 13.5. The molecule has 1 heterocycles. The van der Waals surface area contributed by atoms with Gasteiger partial charge in [-0.25, -0.2) is 0 Å². The predicted molar refractivity (Wildman–Crippen MR) is 114 cm³/mol. The summed E-state index contributed by atoms with van der Waals surface area (Å²) < 4.78 is 12.5. The highest BCUT2D eigenvalue weighted by atomic mass is 79.9. The van der Waals surface area contributed by atoms with Crippen molar-refractivity contribution in [2.45, 2.75) is 6.61 Å². The molecule has 0 spiro atoms. The van der Waals surface area contributed by atoms with Crippen LogP contribution in [0.15, 0.2) is 70.9 Å². The minimum absolute atomic E-state index is 0.151. The van der Waals surface area contributed by atoms with Gasteiger partial charge in [-0.3, -0.25) is 4.79 Å². The molecule has 140 valence electrons. The zero-order chi connectivity index (χ0) is 19.7. The van der Waals surface area contributed by atoms with Crippen LogP contribution in [0.1, 0.15) is 21.5 Å². The fraction of sp³-hybridized carbons (Fsp3) is 0.0455. The van der Waals surface area contributed by atoms with Crippen LogP contribution in [0.4, 0.5) is 0 Å². The second-order valence-electron chi connectivity index (χ2n) is 6.16. The lowest BCUT2D eigenvalue weighted by Crippen LogP contribution is -1.98. The fourth-order valence-corrected chi connectivity index (χ4v) is 3.51. The molecule has 1 aliphatic rings. The third-order valence-electron chi connectivity index (χ3n) is 4.22. The zero-order valence-corrected chi connectivity index (χ0v) is 17.5. The highest BCUT2D eigenvalue weighted by Gasteiger charge is 2.27. The Hall–Kier alpha value is -2.27. The summed E-state index contributed by atoms with van der Waals surface area (Å²) in [5.74, 6) is 1.21. The van der Waals surface area contributed by atoms with E-state index in [4.69, 9.17) is 32.7 Å². The monoisotopic (exact) mass is 474 g/mol. The van der Waals surface area contributed by atoms with Gasteiger partial charge in [-0.1, -0.05) is 63.4 Å². The summed E-state index contributed by atoms with van der Waals surface area (Å²) >= 11 is 15.4. The SMILES string of the molecule is O=C1C(=Cc2ccccc2Br)Oc2cc(OCc3ccc(Cl)c(Cl)c3)ccc21. The van der Waals surface area contributed by atoms with Crippen LogP contribution in [0.25, 0.3) is 6.08 Å². The molecule has 0 saturated heterocycles. The quantitative estimate of drug-likeness (QED) is 0.383. The van der Waals surface area contributed by atoms with E-state index in [-0.39, 0.29) is 11.5 Å². The van der Waals surface area contributed by atoms with Crippen LogP contribution in [0.5, 0.6) is 11.5 Å². The average Bonchev–Trinajstić information content (AvgIpc) is 2.99. The fourth-order valence-electron chi connectivity index (χ4n) is 2.79. The number of benzene rings is 3. The number of carbonyl (C=O) groups is 1. The van der Waals surface area contributed by atoms with E-state index in [1.807, 2.05) is 30.3 Å². The van der Waals surface area contributed by atoms with Gasteiger partial charge in [0.15, 0.2) is 5.76 Å². The van der Waals surface area contributed by atoms with E-state index in [9.17, 15) is 4.79 Å². The van der Waals surface area contributed by atoms with E-state index in [0.29, 0.717) is 33.7 Å². The third kappa shape index (κ3) is 3.95. The molecular weight excluding hydrogens is 463 g/mol. The van der Waals surface area contributed by atoms with E-state index in [0.717, 1.165) is 15.6 Å². The molecule has 0 unspecified atom stereocenters. The van der Waals surface area contributed by atoms with E-state index in [1.165, 1.54) is 0 Å². The van der Waals surface area contributed by atoms with Gasteiger partial charge in [0.2, 0.25) is 5.78 Å². The molecular formula is C22H13BrCl2O3. The van der Waals surface area contributed by atoms with Crippen LogP contribution in [-0.2, 0) is 6.61 Å². The summed E-state index contributed by atoms with van der Waals surface area (Å²) in [7, 11) is 0. The molecule has 0 radical (unpaired) electrons. The molecule has 3 aromatic carbocycles. The van der Waals surface area contributed by atoms with Crippen molar-refractivity contribution >= 4 is 51.0 Å². The maximum absolute atomic E-state index is 12.6. The van der Waals surface area contributed by atoms with Gasteiger partial charge in [0, 0.05) is 10.5 Å².